The van der Waals surface area contributed by atoms with E-state index in [4.69, 9.17) is 5.26 Å². The third-order valence-corrected chi connectivity index (χ3v) is 2.90. The number of rotatable bonds is 3. The first-order valence-electron chi connectivity index (χ1n) is 5.31. The van der Waals surface area contributed by atoms with E-state index in [1.54, 1.807) is 13.2 Å². The first-order chi connectivity index (χ1) is 9.13. The van der Waals surface area contributed by atoms with Crippen molar-refractivity contribution in [3.8, 4) is 6.07 Å². The second kappa shape index (κ2) is 5.63. The summed E-state index contributed by atoms with van der Waals surface area (Å²) in [6.07, 6.45) is 1.56. The van der Waals surface area contributed by atoms with Crippen LogP contribution in [0.5, 0.6) is 0 Å². The second-order valence-electron chi connectivity index (χ2n) is 3.57. The van der Waals surface area contributed by atoms with Gasteiger partial charge in [0.25, 0.3) is 0 Å². The Balaban J connectivity index is 2.33. The van der Waals surface area contributed by atoms with Crippen molar-refractivity contribution in [2.24, 2.45) is 0 Å². The van der Waals surface area contributed by atoms with Gasteiger partial charge in [0, 0.05) is 13.2 Å². The van der Waals surface area contributed by atoms with Gasteiger partial charge in [-0.3, -0.25) is 0 Å². The lowest BCUT2D eigenvalue weighted by Gasteiger charge is -2.09. The van der Waals surface area contributed by atoms with Gasteiger partial charge in [-0.15, -0.1) is 0 Å². The number of nitrogens with zero attached hydrogens (tertiary/aromatic N) is 3. The Labute approximate surface area is 117 Å². The van der Waals surface area contributed by atoms with Gasteiger partial charge in [0.1, 0.15) is 11.6 Å². The zero-order valence-corrected chi connectivity index (χ0v) is 11.5. The van der Waals surface area contributed by atoms with Gasteiger partial charge in [-0.1, -0.05) is 0 Å². The molecule has 0 spiro atoms. The van der Waals surface area contributed by atoms with E-state index in [-0.39, 0.29) is 11.3 Å². The van der Waals surface area contributed by atoms with Crippen molar-refractivity contribution in [1.29, 1.82) is 5.26 Å². The highest BCUT2D eigenvalue weighted by atomic mass is 79.9. The van der Waals surface area contributed by atoms with Crippen LogP contribution in [-0.4, -0.2) is 17.0 Å². The fourth-order valence-corrected chi connectivity index (χ4v) is 1.68. The summed E-state index contributed by atoms with van der Waals surface area (Å²) < 4.78 is 14.4. The van der Waals surface area contributed by atoms with Gasteiger partial charge < -0.3 is 10.6 Å². The fourth-order valence-electron chi connectivity index (χ4n) is 1.39. The van der Waals surface area contributed by atoms with Gasteiger partial charge in [0.05, 0.1) is 21.8 Å². The van der Waals surface area contributed by atoms with Gasteiger partial charge in [-0.2, -0.15) is 10.2 Å². The molecule has 0 aliphatic rings. The van der Waals surface area contributed by atoms with Crippen molar-refractivity contribution in [1.82, 2.24) is 9.97 Å². The van der Waals surface area contributed by atoms with Crippen molar-refractivity contribution in [3.63, 3.8) is 0 Å². The van der Waals surface area contributed by atoms with Crippen molar-refractivity contribution >= 4 is 33.4 Å². The molecular formula is C12H9BrFN5. The molecule has 1 heterocycles. The van der Waals surface area contributed by atoms with Gasteiger partial charge in [-0.05, 0) is 34.1 Å². The number of hydrogen-bond acceptors (Lipinski definition) is 5. The molecule has 0 aliphatic heterocycles. The number of nitrogens with one attached hydrogen (secondary N) is 2. The summed E-state index contributed by atoms with van der Waals surface area (Å²) in [6, 6.07) is 6.05. The molecule has 2 aromatic rings. The summed E-state index contributed by atoms with van der Waals surface area (Å²) in [5.41, 5.74) is 0.501. The van der Waals surface area contributed by atoms with Crippen LogP contribution >= 0.6 is 15.9 Å². The molecule has 7 heteroatoms. The number of nitriles is 1. The quantitative estimate of drug-likeness (QED) is 0.909. The van der Waals surface area contributed by atoms with Gasteiger partial charge in [-0.25, -0.2) is 9.37 Å². The minimum atomic E-state index is -0.518. The lowest BCUT2D eigenvalue weighted by Crippen LogP contribution is -2.02. The summed E-state index contributed by atoms with van der Waals surface area (Å²) >= 11 is 3.28. The molecule has 19 heavy (non-hydrogen) atoms. The summed E-state index contributed by atoms with van der Waals surface area (Å²) in [6.45, 7) is 0. The van der Waals surface area contributed by atoms with E-state index >= 15 is 0 Å². The summed E-state index contributed by atoms with van der Waals surface area (Å²) in [7, 11) is 1.69. The molecule has 2 N–H and O–H groups in total. The summed E-state index contributed by atoms with van der Waals surface area (Å²) in [4.78, 5) is 8.16. The maximum absolute atomic E-state index is 13.7. The SMILES string of the molecule is CNc1ncc(Br)c(Nc2ccc(C#N)cc2F)n1. The van der Waals surface area contributed by atoms with Gasteiger partial charge >= 0.3 is 0 Å². The fraction of sp³-hybridized carbons (Fsp3) is 0.0833. The van der Waals surface area contributed by atoms with E-state index < -0.39 is 5.82 Å². The standard InChI is InChI=1S/C12H9BrFN5/c1-16-12-17-6-8(13)11(19-12)18-10-3-2-7(5-15)4-9(10)14/h2-4,6H,1H3,(H2,16,17,18,19). The molecule has 1 aromatic heterocycles. The highest BCUT2D eigenvalue weighted by molar-refractivity contribution is 9.10. The molecule has 0 unspecified atom stereocenters. The van der Waals surface area contributed by atoms with E-state index in [0.29, 0.717) is 16.2 Å². The first kappa shape index (κ1) is 13.2. The van der Waals surface area contributed by atoms with Crippen LogP contribution in [0.3, 0.4) is 0 Å². The van der Waals surface area contributed by atoms with E-state index in [1.165, 1.54) is 12.1 Å². The third-order valence-electron chi connectivity index (χ3n) is 2.32. The monoisotopic (exact) mass is 321 g/mol. The number of aromatic nitrogens is 2. The number of hydrogen-bond donors (Lipinski definition) is 2. The van der Waals surface area contributed by atoms with Crippen LogP contribution in [0.15, 0.2) is 28.9 Å². The molecule has 2 rings (SSSR count). The molecule has 0 radical (unpaired) electrons. The number of benzene rings is 1. The lowest BCUT2D eigenvalue weighted by atomic mass is 10.2. The highest BCUT2D eigenvalue weighted by Gasteiger charge is 2.08. The molecule has 1 aromatic carbocycles. The Kier molecular flexibility index (Phi) is 3.92. The summed E-state index contributed by atoms with van der Waals surface area (Å²) in [5, 5.41) is 14.3. The topological polar surface area (TPSA) is 73.6 Å². The minimum Gasteiger partial charge on any atom is -0.357 e. The molecule has 0 fully saturated rings. The van der Waals surface area contributed by atoms with Crippen molar-refractivity contribution in [2.45, 2.75) is 0 Å². The van der Waals surface area contributed by atoms with E-state index in [2.05, 4.69) is 36.5 Å². The van der Waals surface area contributed by atoms with Crippen LogP contribution in [0.1, 0.15) is 5.56 Å². The Morgan fingerprint density at radius 2 is 2.21 bits per heavy atom. The van der Waals surface area contributed by atoms with Crippen LogP contribution in [-0.2, 0) is 0 Å². The van der Waals surface area contributed by atoms with Crippen LogP contribution < -0.4 is 10.6 Å². The van der Waals surface area contributed by atoms with Crippen molar-refractivity contribution < 1.29 is 4.39 Å². The molecule has 0 amide bonds. The number of halogens is 2. The van der Waals surface area contributed by atoms with Crippen LogP contribution in [0.2, 0.25) is 0 Å². The molecular weight excluding hydrogens is 313 g/mol. The lowest BCUT2D eigenvalue weighted by molar-refractivity contribution is 0.631. The average Bonchev–Trinajstić information content (AvgIpc) is 2.43. The Morgan fingerprint density at radius 1 is 1.42 bits per heavy atom. The molecule has 0 atom stereocenters. The van der Waals surface area contributed by atoms with Crippen LogP contribution in [0.25, 0.3) is 0 Å². The largest absolute Gasteiger partial charge is 0.357 e. The Morgan fingerprint density at radius 3 is 2.84 bits per heavy atom. The smallest absolute Gasteiger partial charge is 0.224 e. The Bertz CT molecular complexity index is 653. The van der Waals surface area contributed by atoms with E-state index in [9.17, 15) is 4.39 Å². The van der Waals surface area contributed by atoms with Crippen LogP contribution in [0, 0.1) is 17.1 Å². The molecule has 0 saturated heterocycles. The first-order valence-corrected chi connectivity index (χ1v) is 6.10. The molecule has 5 nitrogen and oxygen atoms in total. The second-order valence-corrected chi connectivity index (χ2v) is 4.43. The Hall–Kier alpha value is -2.20. The maximum atomic E-state index is 13.7. The van der Waals surface area contributed by atoms with Gasteiger partial charge in [0.2, 0.25) is 5.95 Å². The predicted molar refractivity (Wildman–Crippen MR) is 73.7 cm³/mol. The third kappa shape index (κ3) is 2.98. The highest BCUT2D eigenvalue weighted by Crippen LogP contribution is 2.26. The normalized spacial score (nSPS) is 9.79. The summed E-state index contributed by atoms with van der Waals surface area (Å²) in [5.74, 6) is 0.332. The molecule has 0 aliphatic carbocycles. The molecule has 0 bridgehead atoms. The van der Waals surface area contributed by atoms with Crippen molar-refractivity contribution in [2.75, 3.05) is 17.7 Å². The average molecular weight is 322 g/mol. The molecule has 0 saturated carbocycles. The van der Waals surface area contributed by atoms with Crippen LogP contribution in [0.4, 0.5) is 21.8 Å². The zero-order chi connectivity index (χ0) is 13.8. The minimum absolute atomic E-state index is 0.237. The van der Waals surface area contributed by atoms with E-state index in [0.717, 1.165) is 6.07 Å². The number of anilines is 3. The van der Waals surface area contributed by atoms with Crippen molar-refractivity contribution in [3.05, 3.63) is 40.2 Å². The zero-order valence-electron chi connectivity index (χ0n) is 9.91. The van der Waals surface area contributed by atoms with Gasteiger partial charge in [0.15, 0.2) is 0 Å². The predicted octanol–water partition coefficient (Wildman–Crippen LogP) is 3.04. The van der Waals surface area contributed by atoms with E-state index in [1.807, 2.05) is 6.07 Å². The molecule has 96 valence electrons. The maximum Gasteiger partial charge on any atom is 0.224 e.